The molecule has 0 bridgehead atoms. The topological polar surface area (TPSA) is 22.0 Å². The second-order valence-electron chi connectivity index (χ2n) is 3.56. The van der Waals surface area contributed by atoms with Crippen molar-refractivity contribution in [3.63, 3.8) is 0 Å². The fourth-order valence-electron chi connectivity index (χ4n) is 1.64. The van der Waals surface area contributed by atoms with Crippen molar-refractivity contribution in [1.82, 2.24) is 4.57 Å². The maximum Gasteiger partial charge on any atom is 0.497 e. The first-order valence-corrected chi connectivity index (χ1v) is 4.76. The SMILES string of the molecule is O=c1ccn(C[B-](F)(F)F)c2ccccc12. The molecule has 0 spiro atoms. The van der Waals surface area contributed by atoms with Gasteiger partial charge < -0.3 is 17.5 Å². The molecule has 6 heteroatoms. The zero-order valence-electron chi connectivity index (χ0n) is 8.24. The summed E-state index contributed by atoms with van der Waals surface area (Å²) in [5.74, 6) is 0. The van der Waals surface area contributed by atoms with Gasteiger partial charge in [0.05, 0.1) is 0 Å². The average molecular weight is 226 g/mol. The van der Waals surface area contributed by atoms with Crippen molar-refractivity contribution in [1.29, 1.82) is 0 Å². The molecule has 1 aromatic carbocycles. The highest BCUT2D eigenvalue weighted by atomic mass is 19.4. The summed E-state index contributed by atoms with van der Waals surface area (Å²) in [6.45, 7) is -4.91. The zero-order chi connectivity index (χ0) is 11.8. The van der Waals surface area contributed by atoms with Gasteiger partial charge in [-0.25, -0.2) is 0 Å². The summed E-state index contributed by atoms with van der Waals surface area (Å²) in [5.41, 5.74) is 0.0516. The van der Waals surface area contributed by atoms with Crippen LogP contribution in [0.5, 0.6) is 0 Å². The molecule has 16 heavy (non-hydrogen) atoms. The van der Waals surface area contributed by atoms with Crippen LogP contribution in [0.15, 0.2) is 41.3 Å². The molecule has 0 saturated carbocycles. The average Bonchev–Trinajstić information content (AvgIpc) is 2.21. The molecule has 0 radical (unpaired) electrons. The van der Waals surface area contributed by atoms with Crippen molar-refractivity contribution in [2.24, 2.45) is 0 Å². The van der Waals surface area contributed by atoms with Crippen molar-refractivity contribution in [2.45, 2.75) is 6.44 Å². The Hall–Kier alpha value is -1.72. The van der Waals surface area contributed by atoms with E-state index in [2.05, 4.69) is 0 Å². The Balaban J connectivity index is 2.64. The number of aromatic nitrogens is 1. The minimum absolute atomic E-state index is 0.262. The van der Waals surface area contributed by atoms with Crippen LogP contribution in [-0.4, -0.2) is 11.5 Å². The van der Waals surface area contributed by atoms with Gasteiger partial charge in [0.1, 0.15) is 0 Å². The minimum Gasteiger partial charge on any atom is -0.448 e. The van der Waals surface area contributed by atoms with Gasteiger partial charge in [0, 0.05) is 23.2 Å². The lowest BCUT2D eigenvalue weighted by Crippen LogP contribution is -2.25. The standard InChI is InChI=1S/C10H8BF3NO/c12-11(13,14)7-15-6-5-10(16)8-3-1-2-4-9(8)15/h1-6H,7H2/q-1. The molecule has 0 amide bonds. The lowest BCUT2D eigenvalue weighted by molar-refractivity contribution is 0.447. The molecule has 0 aliphatic carbocycles. The molecule has 0 unspecified atom stereocenters. The van der Waals surface area contributed by atoms with E-state index in [9.17, 15) is 17.7 Å². The summed E-state index contributed by atoms with van der Waals surface area (Å²) >= 11 is 0. The summed E-state index contributed by atoms with van der Waals surface area (Å²) in [4.78, 5) is 11.4. The highest BCUT2D eigenvalue weighted by Crippen LogP contribution is 2.15. The molecule has 2 aromatic rings. The van der Waals surface area contributed by atoms with E-state index in [-0.39, 0.29) is 5.43 Å². The van der Waals surface area contributed by atoms with Crippen LogP contribution in [0.3, 0.4) is 0 Å². The van der Waals surface area contributed by atoms with Gasteiger partial charge >= 0.3 is 6.98 Å². The molecule has 84 valence electrons. The van der Waals surface area contributed by atoms with Gasteiger partial charge in [-0.15, -0.1) is 0 Å². The Morgan fingerprint density at radius 1 is 1.12 bits per heavy atom. The molecular formula is C10H8BF3NO-. The first kappa shape index (κ1) is 10.8. The van der Waals surface area contributed by atoms with E-state index in [1.807, 2.05) is 0 Å². The Morgan fingerprint density at radius 2 is 1.81 bits per heavy atom. The van der Waals surface area contributed by atoms with Crippen molar-refractivity contribution in [3.05, 3.63) is 46.8 Å². The van der Waals surface area contributed by atoms with Crippen LogP contribution in [0.4, 0.5) is 12.9 Å². The predicted molar refractivity (Wildman–Crippen MR) is 57.3 cm³/mol. The number of halogens is 3. The molecule has 0 aliphatic heterocycles. The van der Waals surface area contributed by atoms with Gasteiger partial charge in [-0.3, -0.25) is 4.79 Å². The second kappa shape index (κ2) is 3.70. The van der Waals surface area contributed by atoms with E-state index in [0.717, 1.165) is 10.6 Å². The summed E-state index contributed by atoms with van der Waals surface area (Å²) in [5, 5.41) is 0.310. The van der Waals surface area contributed by atoms with Crippen LogP contribution >= 0.6 is 0 Å². The minimum atomic E-state index is -4.91. The van der Waals surface area contributed by atoms with Gasteiger partial charge in [0.15, 0.2) is 5.43 Å². The Bertz CT molecular complexity index is 576. The van der Waals surface area contributed by atoms with E-state index in [4.69, 9.17) is 0 Å². The summed E-state index contributed by atoms with van der Waals surface area (Å²) in [7, 11) is 0. The van der Waals surface area contributed by atoms with Crippen LogP contribution in [0.2, 0.25) is 0 Å². The number of fused-ring (bicyclic) bond motifs is 1. The predicted octanol–water partition coefficient (Wildman–Crippen LogP) is 2.39. The Morgan fingerprint density at radius 3 is 2.50 bits per heavy atom. The molecular weight excluding hydrogens is 218 g/mol. The maximum atomic E-state index is 12.3. The van der Waals surface area contributed by atoms with E-state index >= 15 is 0 Å². The second-order valence-corrected chi connectivity index (χ2v) is 3.56. The highest BCUT2D eigenvalue weighted by molar-refractivity contribution is 6.57. The number of benzene rings is 1. The first-order valence-electron chi connectivity index (χ1n) is 4.76. The molecule has 2 nitrogen and oxygen atoms in total. The number of nitrogens with zero attached hydrogens (tertiary/aromatic N) is 1. The third-order valence-electron chi connectivity index (χ3n) is 2.29. The lowest BCUT2D eigenvalue weighted by atomic mass is 9.92. The number of hydrogen-bond donors (Lipinski definition) is 0. The third-order valence-corrected chi connectivity index (χ3v) is 2.29. The lowest BCUT2D eigenvalue weighted by Gasteiger charge is -2.18. The summed E-state index contributed by atoms with van der Waals surface area (Å²) < 4.78 is 38.1. The van der Waals surface area contributed by atoms with Crippen molar-refractivity contribution < 1.29 is 12.9 Å². The summed E-state index contributed by atoms with van der Waals surface area (Å²) in [6, 6.07) is 7.44. The molecule has 2 rings (SSSR count). The molecule has 1 heterocycles. The largest absolute Gasteiger partial charge is 0.497 e. The number of hydrogen-bond acceptors (Lipinski definition) is 1. The van der Waals surface area contributed by atoms with E-state index in [0.29, 0.717) is 10.9 Å². The smallest absolute Gasteiger partial charge is 0.448 e. The molecule has 1 aromatic heterocycles. The number of pyridine rings is 1. The van der Waals surface area contributed by atoms with Crippen LogP contribution in [0.1, 0.15) is 0 Å². The fourth-order valence-corrected chi connectivity index (χ4v) is 1.64. The van der Waals surface area contributed by atoms with Crippen molar-refractivity contribution in [3.8, 4) is 0 Å². The van der Waals surface area contributed by atoms with Gasteiger partial charge in [-0.2, -0.15) is 0 Å². The van der Waals surface area contributed by atoms with Crippen LogP contribution in [0.25, 0.3) is 10.9 Å². The monoisotopic (exact) mass is 226 g/mol. The Labute approximate surface area is 89.4 Å². The third kappa shape index (κ3) is 2.10. The zero-order valence-corrected chi connectivity index (χ0v) is 8.24. The van der Waals surface area contributed by atoms with Gasteiger partial charge in [-0.05, 0) is 18.6 Å². The Kier molecular flexibility index (Phi) is 2.49. The van der Waals surface area contributed by atoms with Crippen molar-refractivity contribution in [2.75, 3.05) is 0 Å². The number of rotatable bonds is 2. The first-order chi connectivity index (χ1) is 7.47. The summed E-state index contributed by atoms with van der Waals surface area (Å²) in [6.07, 6.45) is 0.153. The highest BCUT2D eigenvalue weighted by Gasteiger charge is 2.23. The number of para-hydroxylation sites is 1. The van der Waals surface area contributed by atoms with E-state index in [1.54, 1.807) is 12.1 Å². The molecule has 0 aliphatic rings. The maximum absolute atomic E-state index is 12.3. The normalized spacial score (nSPS) is 11.9. The molecule has 0 saturated heterocycles. The fraction of sp³-hybridized carbons (Fsp3) is 0.100. The van der Waals surface area contributed by atoms with Gasteiger partial charge in [-0.1, -0.05) is 12.1 Å². The molecule has 0 N–H and O–H groups in total. The quantitative estimate of drug-likeness (QED) is 0.720. The van der Waals surface area contributed by atoms with Crippen LogP contribution in [-0.2, 0) is 6.44 Å². The van der Waals surface area contributed by atoms with E-state index in [1.165, 1.54) is 18.3 Å². The van der Waals surface area contributed by atoms with Gasteiger partial charge in [0.25, 0.3) is 0 Å². The van der Waals surface area contributed by atoms with Gasteiger partial charge in [0.2, 0.25) is 0 Å². The molecule has 0 fully saturated rings. The van der Waals surface area contributed by atoms with E-state index < -0.39 is 13.4 Å². The van der Waals surface area contributed by atoms with Crippen molar-refractivity contribution >= 4 is 17.9 Å². The molecule has 0 atom stereocenters. The van der Waals surface area contributed by atoms with Crippen LogP contribution < -0.4 is 5.43 Å². The van der Waals surface area contributed by atoms with Crippen LogP contribution in [0, 0.1) is 0 Å².